The van der Waals surface area contributed by atoms with Crippen LogP contribution < -0.4 is 20.5 Å². The van der Waals surface area contributed by atoms with E-state index in [1.165, 1.54) is 0 Å². The Kier molecular flexibility index (Phi) is 5.23. The molecule has 5 heteroatoms. The lowest BCUT2D eigenvalue weighted by atomic mass is 10.0. The van der Waals surface area contributed by atoms with Gasteiger partial charge in [-0.25, -0.2) is 0 Å². The van der Waals surface area contributed by atoms with Crippen LogP contribution in [0.25, 0.3) is 0 Å². The van der Waals surface area contributed by atoms with Crippen molar-refractivity contribution in [2.24, 2.45) is 5.73 Å². The predicted octanol–water partition coefficient (Wildman–Crippen LogP) is 1.21. The molecule has 1 aromatic rings. The Bertz CT molecular complexity index is 437. The minimum Gasteiger partial charge on any atom is -0.486 e. The van der Waals surface area contributed by atoms with Crippen LogP contribution in [-0.2, 0) is 0 Å². The summed E-state index contributed by atoms with van der Waals surface area (Å²) in [5.41, 5.74) is 6.94. The van der Waals surface area contributed by atoms with E-state index in [1.807, 2.05) is 25.1 Å². The van der Waals surface area contributed by atoms with Crippen LogP contribution in [0.2, 0.25) is 0 Å². The lowest BCUT2D eigenvalue weighted by molar-refractivity contribution is 0.167. The summed E-state index contributed by atoms with van der Waals surface area (Å²) in [4.78, 5) is 0. The summed E-state index contributed by atoms with van der Waals surface area (Å²) in [5.74, 6) is 1.56. The smallest absolute Gasteiger partial charge is 0.161 e. The Balaban J connectivity index is 2.07. The Labute approximate surface area is 120 Å². The summed E-state index contributed by atoms with van der Waals surface area (Å²) < 4.78 is 11.1. The molecule has 2 rings (SSSR count). The zero-order chi connectivity index (χ0) is 14.5. The van der Waals surface area contributed by atoms with Crippen LogP contribution in [0.15, 0.2) is 18.2 Å². The summed E-state index contributed by atoms with van der Waals surface area (Å²) in [6.07, 6.45) is 0.373. The van der Waals surface area contributed by atoms with Gasteiger partial charge in [0.25, 0.3) is 0 Å². The van der Waals surface area contributed by atoms with E-state index >= 15 is 0 Å². The van der Waals surface area contributed by atoms with Crippen LogP contribution in [0.1, 0.15) is 31.9 Å². The molecule has 0 aromatic heterocycles. The number of hydrogen-bond acceptors (Lipinski definition) is 5. The van der Waals surface area contributed by atoms with Crippen molar-refractivity contribution in [3.8, 4) is 11.5 Å². The van der Waals surface area contributed by atoms with E-state index in [9.17, 15) is 5.11 Å². The number of aliphatic hydroxyl groups is 1. The van der Waals surface area contributed by atoms with Gasteiger partial charge in [-0.2, -0.15) is 0 Å². The highest BCUT2D eigenvalue weighted by molar-refractivity contribution is 5.44. The highest BCUT2D eigenvalue weighted by Crippen LogP contribution is 2.32. The van der Waals surface area contributed by atoms with Gasteiger partial charge in [0.2, 0.25) is 0 Å². The van der Waals surface area contributed by atoms with Gasteiger partial charge in [-0.3, -0.25) is 0 Å². The lowest BCUT2D eigenvalue weighted by Crippen LogP contribution is -2.36. The molecule has 0 amide bonds. The van der Waals surface area contributed by atoms with E-state index in [0.29, 0.717) is 26.2 Å². The monoisotopic (exact) mass is 280 g/mol. The molecule has 0 bridgehead atoms. The molecule has 1 aliphatic heterocycles. The molecule has 0 aliphatic carbocycles. The Hall–Kier alpha value is -1.30. The molecule has 1 aromatic carbocycles. The average Bonchev–Trinajstić information content (AvgIpc) is 2.43. The third kappa shape index (κ3) is 3.85. The molecule has 3 atom stereocenters. The van der Waals surface area contributed by atoms with Crippen LogP contribution in [-0.4, -0.2) is 37.0 Å². The van der Waals surface area contributed by atoms with Crippen LogP contribution in [0.5, 0.6) is 11.5 Å². The van der Waals surface area contributed by atoms with Gasteiger partial charge in [-0.15, -0.1) is 0 Å². The number of benzene rings is 1. The van der Waals surface area contributed by atoms with Gasteiger partial charge in [0.1, 0.15) is 13.2 Å². The molecule has 1 aliphatic rings. The van der Waals surface area contributed by atoms with E-state index < -0.39 is 0 Å². The third-order valence-electron chi connectivity index (χ3n) is 3.38. The summed E-state index contributed by atoms with van der Waals surface area (Å²) in [6, 6.07) is 6.14. The quantitative estimate of drug-likeness (QED) is 0.730. The van der Waals surface area contributed by atoms with E-state index in [1.54, 1.807) is 6.92 Å². The van der Waals surface area contributed by atoms with Crippen molar-refractivity contribution in [1.29, 1.82) is 0 Å². The fourth-order valence-corrected chi connectivity index (χ4v) is 2.50. The van der Waals surface area contributed by atoms with Gasteiger partial charge in [-0.1, -0.05) is 6.07 Å². The van der Waals surface area contributed by atoms with E-state index in [4.69, 9.17) is 15.2 Å². The second kappa shape index (κ2) is 6.92. The van der Waals surface area contributed by atoms with Crippen LogP contribution in [0, 0.1) is 0 Å². The molecule has 0 spiro atoms. The van der Waals surface area contributed by atoms with Gasteiger partial charge < -0.3 is 25.6 Å². The molecule has 1 heterocycles. The normalized spacial score (nSPS) is 18.4. The van der Waals surface area contributed by atoms with Crippen molar-refractivity contribution < 1.29 is 14.6 Å². The second-order valence-electron chi connectivity index (χ2n) is 5.34. The first-order valence-corrected chi connectivity index (χ1v) is 7.14. The van der Waals surface area contributed by atoms with Gasteiger partial charge >= 0.3 is 0 Å². The van der Waals surface area contributed by atoms with E-state index in [-0.39, 0.29) is 18.2 Å². The fourth-order valence-electron chi connectivity index (χ4n) is 2.50. The standard InChI is InChI=1S/C15H24N2O3/c1-10(7-11(2)18)17-13(9-16)12-3-4-14-15(8-12)20-6-5-19-14/h3-4,8,10-11,13,17-18H,5-7,9,16H2,1-2H3. The zero-order valence-electron chi connectivity index (χ0n) is 12.1. The van der Waals surface area contributed by atoms with Gasteiger partial charge in [-0.05, 0) is 38.0 Å². The minimum atomic E-state index is -0.323. The SMILES string of the molecule is CC(O)CC(C)NC(CN)c1ccc2c(c1)OCCO2. The molecule has 0 saturated carbocycles. The lowest BCUT2D eigenvalue weighted by Gasteiger charge is -2.25. The van der Waals surface area contributed by atoms with Crippen molar-refractivity contribution in [2.45, 2.75) is 38.5 Å². The molecule has 20 heavy (non-hydrogen) atoms. The molecule has 0 saturated heterocycles. The molecule has 112 valence electrons. The van der Waals surface area contributed by atoms with Crippen LogP contribution in [0.3, 0.4) is 0 Å². The molecular formula is C15H24N2O3. The fraction of sp³-hybridized carbons (Fsp3) is 0.600. The van der Waals surface area contributed by atoms with E-state index in [2.05, 4.69) is 5.32 Å². The third-order valence-corrected chi connectivity index (χ3v) is 3.38. The topological polar surface area (TPSA) is 76.7 Å². The maximum absolute atomic E-state index is 9.43. The van der Waals surface area contributed by atoms with Crippen LogP contribution in [0.4, 0.5) is 0 Å². The van der Waals surface area contributed by atoms with Crippen molar-refractivity contribution in [3.63, 3.8) is 0 Å². The van der Waals surface area contributed by atoms with E-state index in [0.717, 1.165) is 17.1 Å². The summed E-state index contributed by atoms with van der Waals surface area (Å²) in [7, 11) is 0. The van der Waals surface area contributed by atoms with Crippen molar-refractivity contribution in [2.75, 3.05) is 19.8 Å². The maximum Gasteiger partial charge on any atom is 0.161 e. The highest BCUT2D eigenvalue weighted by Gasteiger charge is 2.18. The van der Waals surface area contributed by atoms with Crippen molar-refractivity contribution in [3.05, 3.63) is 23.8 Å². The van der Waals surface area contributed by atoms with Crippen molar-refractivity contribution >= 4 is 0 Å². The highest BCUT2D eigenvalue weighted by atomic mass is 16.6. The molecule has 0 fully saturated rings. The number of nitrogens with two attached hydrogens (primary N) is 1. The minimum absolute atomic E-state index is 0.0413. The largest absolute Gasteiger partial charge is 0.486 e. The first-order valence-electron chi connectivity index (χ1n) is 7.14. The Morgan fingerprint density at radius 1 is 1.25 bits per heavy atom. The molecule has 3 unspecified atom stereocenters. The summed E-state index contributed by atoms with van der Waals surface area (Å²) in [5, 5.41) is 12.9. The molecule has 5 nitrogen and oxygen atoms in total. The van der Waals surface area contributed by atoms with Crippen LogP contribution >= 0.6 is 0 Å². The average molecular weight is 280 g/mol. The molecular weight excluding hydrogens is 256 g/mol. The number of fused-ring (bicyclic) bond motifs is 1. The number of ether oxygens (including phenoxy) is 2. The second-order valence-corrected chi connectivity index (χ2v) is 5.34. The number of nitrogens with one attached hydrogen (secondary N) is 1. The number of aliphatic hydroxyl groups excluding tert-OH is 1. The summed E-state index contributed by atoms with van der Waals surface area (Å²) in [6.45, 7) is 5.50. The number of rotatable bonds is 6. The Morgan fingerprint density at radius 3 is 2.60 bits per heavy atom. The van der Waals surface area contributed by atoms with Gasteiger partial charge in [0, 0.05) is 18.6 Å². The van der Waals surface area contributed by atoms with Crippen molar-refractivity contribution in [1.82, 2.24) is 5.32 Å². The first kappa shape index (κ1) is 15.1. The molecule has 0 radical (unpaired) electrons. The summed E-state index contributed by atoms with van der Waals surface area (Å²) >= 11 is 0. The Morgan fingerprint density at radius 2 is 1.95 bits per heavy atom. The number of hydrogen-bond donors (Lipinski definition) is 3. The zero-order valence-corrected chi connectivity index (χ0v) is 12.1. The molecule has 4 N–H and O–H groups in total. The van der Waals surface area contributed by atoms with Gasteiger partial charge in [0.05, 0.1) is 6.10 Å². The predicted molar refractivity (Wildman–Crippen MR) is 78.1 cm³/mol. The van der Waals surface area contributed by atoms with Gasteiger partial charge in [0.15, 0.2) is 11.5 Å². The maximum atomic E-state index is 9.43. The first-order chi connectivity index (χ1) is 9.60.